The molecule has 3 aromatic rings. The van der Waals surface area contributed by atoms with Crippen molar-refractivity contribution in [3.05, 3.63) is 88.0 Å². The monoisotopic (exact) mass is 706 g/mol. The molecule has 0 unspecified atom stereocenters. The Bertz CT molecular complexity index is 1450. The van der Waals surface area contributed by atoms with Crippen molar-refractivity contribution in [3.8, 4) is 17.2 Å². The summed E-state index contributed by atoms with van der Waals surface area (Å²) in [6.07, 6.45) is 0. The number of carbonyl (C=O) groups is 4. The molecule has 3 rings (SSSR count). The largest absolute Gasteiger partial charge is 0.508 e. The fourth-order valence-corrected chi connectivity index (χ4v) is 4.38. The first-order valence-corrected chi connectivity index (χ1v) is 17.2. The number of hydrogen-bond acceptors (Lipinski definition) is 11. The number of benzene rings is 3. The van der Waals surface area contributed by atoms with Crippen LogP contribution in [0.5, 0.6) is 17.2 Å². The fraction of sp³-hybridized carbons (Fsp3) is 0.450. The third kappa shape index (κ3) is 14.0. The van der Waals surface area contributed by atoms with E-state index in [2.05, 4.69) is 0 Å². The average molecular weight is 707 g/mol. The average Bonchev–Trinajstić information content (AvgIpc) is 3.08. The second kappa shape index (κ2) is 19.4. The second-order valence-corrected chi connectivity index (χ2v) is 14.0. The number of phenolic OH excluding ortho intramolecular Hbond substituents is 1. The quantitative estimate of drug-likeness (QED) is 0.102. The lowest BCUT2D eigenvalue weighted by Crippen LogP contribution is -2.14. The number of ether oxygens (including phenoxy) is 6. The number of hydrogen-bond donors (Lipinski definition) is 1. The summed E-state index contributed by atoms with van der Waals surface area (Å²) < 4.78 is 33.5. The van der Waals surface area contributed by atoms with Crippen molar-refractivity contribution in [1.29, 1.82) is 0 Å². The van der Waals surface area contributed by atoms with Crippen LogP contribution >= 0.6 is 0 Å². The molecule has 0 bridgehead atoms. The van der Waals surface area contributed by atoms with Gasteiger partial charge in [0.2, 0.25) is 0 Å². The van der Waals surface area contributed by atoms with Gasteiger partial charge in [0.1, 0.15) is 30.5 Å². The smallest absolute Gasteiger partial charge is 0.338 e. The zero-order chi connectivity index (χ0) is 37.7. The highest BCUT2D eigenvalue weighted by Gasteiger charge is 2.19. The summed E-state index contributed by atoms with van der Waals surface area (Å²) in [5, 5.41) is 10.5. The second-order valence-electron chi connectivity index (χ2n) is 14.0. The van der Waals surface area contributed by atoms with Gasteiger partial charge in [0.05, 0.1) is 48.7 Å². The Morgan fingerprint density at radius 3 is 0.980 bits per heavy atom. The Kier molecular flexibility index (Phi) is 15.3. The number of esters is 4. The molecule has 51 heavy (non-hydrogen) atoms. The molecule has 3 aromatic carbocycles. The molecule has 0 atom stereocenters. The molecule has 0 aliphatic rings. The molecule has 276 valence electrons. The first-order valence-electron chi connectivity index (χ1n) is 17.2. The molecular formula is C40H50O11. The van der Waals surface area contributed by atoms with Crippen LogP contribution in [0.4, 0.5) is 0 Å². The molecule has 0 saturated carbocycles. The fourth-order valence-electron chi connectivity index (χ4n) is 4.38. The zero-order valence-corrected chi connectivity index (χ0v) is 30.8. The van der Waals surface area contributed by atoms with Gasteiger partial charge < -0.3 is 33.5 Å². The summed E-state index contributed by atoms with van der Waals surface area (Å²) in [6, 6.07) is 13.5. The Hall–Kier alpha value is -5.06. The predicted octanol–water partition coefficient (Wildman–Crippen LogP) is 7.80. The van der Waals surface area contributed by atoms with Gasteiger partial charge in [-0.05, 0) is 89.4 Å². The van der Waals surface area contributed by atoms with Crippen LogP contribution in [0.25, 0.3) is 0 Å². The van der Waals surface area contributed by atoms with Gasteiger partial charge >= 0.3 is 23.9 Å². The molecule has 0 amide bonds. The predicted molar refractivity (Wildman–Crippen MR) is 190 cm³/mol. The van der Waals surface area contributed by atoms with E-state index in [-0.39, 0.29) is 103 Å². The van der Waals surface area contributed by atoms with Crippen LogP contribution in [-0.2, 0) is 32.2 Å². The minimum atomic E-state index is -0.600. The van der Waals surface area contributed by atoms with E-state index in [9.17, 15) is 24.3 Å². The van der Waals surface area contributed by atoms with Gasteiger partial charge in [-0.25, -0.2) is 19.2 Å². The van der Waals surface area contributed by atoms with Crippen LogP contribution in [0.3, 0.4) is 0 Å². The highest BCUT2D eigenvalue weighted by Crippen LogP contribution is 2.25. The molecule has 0 aliphatic heterocycles. The minimum absolute atomic E-state index is 0.0323. The van der Waals surface area contributed by atoms with Gasteiger partial charge in [-0.15, -0.1) is 0 Å². The Balaban J connectivity index is 1.81. The van der Waals surface area contributed by atoms with E-state index in [0.717, 1.165) is 0 Å². The van der Waals surface area contributed by atoms with E-state index in [1.165, 1.54) is 48.5 Å². The molecule has 1 N–H and O–H groups in total. The van der Waals surface area contributed by atoms with E-state index in [1.54, 1.807) is 6.07 Å². The van der Waals surface area contributed by atoms with E-state index in [1.807, 2.05) is 55.4 Å². The van der Waals surface area contributed by atoms with Crippen molar-refractivity contribution in [2.45, 2.75) is 68.6 Å². The van der Waals surface area contributed by atoms with Crippen molar-refractivity contribution in [2.24, 2.45) is 23.7 Å². The van der Waals surface area contributed by atoms with Gasteiger partial charge in [0.25, 0.3) is 0 Å². The van der Waals surface area contributed by atoms with Crippen molar-refractivity contribution >= 4 is 23.9 Å². The van der Waals surface area contributed by atoms with Crippen LogP contribution < -0.4 is 9.47 Å². The number of rotatable bonds is 18. The van der Waals surface area contributed by atoms with Crippen molar-refractivity contribution in [1.82, 2.24) is 0 Å². The maximum absolute atomic E-state index is 12.8. The lowest BCUT2D eigenvalue weighted by molar-refractivity contribution is 0.0439. The molecule has 0 aliphatic carbocycles. The summed E-state index contributed by atoms with van der Waals surface area (Å²) in [7, 11) is 0. The van der Waals surface area contributed by atoms with Gasteiger partial charge in [-0.2, -0.15) is 0 Å². The number of aromatic hydroxyl groups is 1. The summed E-state index contributed by atoms with van der Waals surface area (Å²) >= 11 is 0. The lowest BCUT2D eigenvalue weighted by atomic mass is 10.1. The molecule has 0 saturated heterocycles. The summed E-state index contributed by atoms with van der Waals surface area (Å²) in [4.78, 5) is 51.2. The highest BCUT2D eigenvalue weighted by atomic mass is 16.5. The standard InChI is InChI=1S/C40H50O11/c1-24(2)18-48-37(42)30-12-31(38(43)49-19-25(3)4)15-35(14-30)46-22-28-9-29(11-34(41)10-28)23-47-36-16-32(39(44)50-20-26(5)6)13-33(17-36)40(45)51-21-27(7)8/h9-17,24-27,41H,18-23H2,1-8H3. The summed E-state index contributed by atoms with van der Waals surface area (Å²) in [6.45, 7) is 16.1. The Labute approximate surface area is 300 Å². The molecule has 0 fully saturated rings. The van der Waals surface area contributed by atoms with Gasteiger partial charge in [0.15, 0.2) is 0 Å². The van der Waals surface area contributed by atoms with Gasteiger partial charge in [-0.1, -0.05) is 55.4 Å². The first-order chi connectivity index (χ1) is 24.1. The molecule has 11 nitrogen and oxygen atoms in total. The summed E-state index contributed by atoms with van der Waals surface area (Å²) in [5.41, 5.74) is 1.67. The Morgan fingerprint density at radius 2 is 0.725 bits per heavy atom. The third-order valence-corrected chi connectivity index (χ3v) is 6.80. The summed E-state index contributed by atoms with van der Waals surface area (Å²) in [5.74, 6) is -1.51. The van der Waals surface area contributed by atoms with Gasteiger partial charge in [0, 0.05) is 0 Å². The molecule has 0 spiro atoms. The van der Waals surface area contributed by atoms with Crippen molar-refractivity contribution < 1.29 is 52.7 Å². The van der Waals surface area contributed by atoms with Crippen molar-refractivity contribution in [3.63, 3.8) is 0 Å². The van der Waals surface area contributed by atoms with Crippen molar-refractivity contribution in [2.75, 3.05) is 26.4 Å². The number of phenols is 1. The SMILES string of the molecule is CC(C)COC(=O)c1cc(OCc2cc(O)cc(COc3cc(C(=O)OCC(C)C)cc(C(=O)OCC(C)C)c3)c2)cc(C(=O)OCC(C)C)c1. The molecule has 11 heteroatoms. The molecule has 0 radical (unpaired) electrons. The lowest BCUT2D eigenvalue weighted by Gasteiger charge is -2.14. The topological polar surface area (TPSA) is 144 Å². The Morgan fingerprint density at radius 1 is 0.451 bits per heavy atom. The van der Waals surface area contributed by atoms with Crippen LogP contribution in [0.15, 0.2) is 54.6 Å². The molecule has 0 heterocycles. The maximum Gasteiger partial charge on any atom is 0.338 e. The molecule has 0 aromatic heterocycles. The first kappa shape index (κ1) is 40.4. The van der Waals surface area contributed by atoms with E-state index in [4.69, 9.17) is 28.4 Å². The highest BCUT2D eigenvalue weighted by molar-refractivity contribution is 5.97. The molecular weight excluding hydrogens is 656 g/mol. The van der Waals surface area contributed by atoms with Gasteiger partial charge in [-0.3, -0.25) is 0 Å². The number of carbonyl (C=O) groups excluding carboxylic acids is 4. The van der Waals surface area contributed by atoms with Crippen LogP contribution in [0.1, 0.15) is 108 Å². The normalized spacial score (nSPS) is 11.1. The maximum atomic E-state index is 12.8. The zero-order valence-electron chi connectivity index (χ0n) is 30.8. The van der Waals surface area contributed by atoms with Crippen LogP contribution in [0.2, 0.25) is 0 Å². The van der Waals surface area contributed by atoms with E-state index >= 15 is 0 Å². The minimum Gasteiger partial charge on any atom is -0.508 e. The van der Waals surface area contributed by atoms with Crippen LogP contribution in [-0.4, -0.2) is 55.4 Å². The van der Waals surface area contributed by atoms with E-state index < -0.39 is 23.9 Å². The van der Waals surface area contributed by atoms with E-state index in [0.29, 0.717) is 11.1 Å². The van der Waals surface area contributed by atoms with Crippen LogP contribution in [0, 0.1) is 23.7 Å². The third-order valence-electron chi connectivity index (χ3n) is 6.80.